The third-order valence-corrected chi connectivity index (χ3v) is 2.86. The molecule has 0 fully saturated rings. The SMILES string of the molecule is COc1ccnc(-c2cccc(C)c2OC(C)(C)C)c1. The summed E-state index contributed by atoms with van der Waals surface area (Å²) in [5.74, 6) is 1.67. The monoisotopic (exact) mass is 271 g/mol. The van der Waals surface area contributed by atoms with Crippen LogP contribution in [0.3, 0.4) is 0 Å². The van der Waals surface area contributed by atoms with E-state index in [9.17, 15) is 0 Å². The molecule has 0 N–H and O–H groups in total. The predicted octanol–water partition coefficient (Wildman–Crippen LogP) is 4.24. The van der Waals surface area contributed by atoms with Crippen LogP contribution in [-0.4, -0.2) is 17.7 Å². The zero-order chi connectivity index (χ0) is 14.8. The first-order chi connectivity index (χ1) is 9.40. The molecule has 1 heterocycles. The second-order valence-corrected chi connectivity index (χ2v) is 5.75. The number of benzene rings is 1. The van der Waals surface area contributed by atoms with Crippen LogP contribution in [0.5, 0.6) is 11.5 Å². The Balaban J connectivity index is 2.53. The molecule has 0 saturated heterocycles. The molecule has 1 aromatic heterocycles. The van der Waals surface area contributed by atoms with Gasteiger partial charge in [0.1, 0.15) is 17.1 Å². The number of ether oxygens (including phenoxy) is 2. The highest BCUT2D eigenvalue weighted by atomic mass is 16.5. The maximum atomic E-state index is 6.11. The largest absolute Gasteiger partial charge is 0.497 e. The molecule has 1 aromatic carbocycles. The first-order valence-corrected chi connectivity index (χ1v) is 6.70. The van der Waals surface area contributed by atoms with Crippen LogP contribution < -0.4 is 9.47 Å². The molecule has 0 bridgehead atoms. The Morgan fingerprint density at radius 3 is 2.50 bits per heavy atom. The molecule has 3 heteroatoms. The van der Waals surface area contributed by atoms with E-state index in [0.717, 1.165) is 28.3 Å². The first-order valence-electron chi connectivity index (χ1n) is 6.70. The van der Waals surface area contributed by atoms with E-state index in [2.05, 4.69) is 4.98 Å². The third-order valence-electron chi connectivity index (χ3n) is 2.86. The van der Waals surface area contributed by atoms with Crippen LogP contribution in [-0.2, 0) is 0 Å². The fraction of sp³-hybridized carbons (Fsp3) is 0.353. The van der Waals surface area contributed by atoms with E-state index in [0.29, 0.717) is 0 Å². The molecule has 0 unspecified atom stereocenters. The van der Waals surface area contributed by atoms with Crippen molar-refractivity contribution in [2.45, 2.75) is 33.3 Å². The number of pyridine rings is 1. The molecule has 0 radical (unpaired) electrons. The normalized spacial score (nSPS) is 11.2. The van der Waals surface area contributed by atoms with Gasteiger partial charge in [-0.15, -0.1) is 0 Å². The van der Waals surface area contributed by atoms with E-state index in [-0.39, 0.29) is 5.60 Å². The van der Waals surface area contributed by atoms with Crippen molar-refractivity contribution < 1.29 is 9.47 Å². The van der Waals surface area contributed by atoms with Crippen molar-refractivity contribution in [1.82, 2.24) is 4.98 Å². The van der Waals surface area contributed by atoms with Crippen molar-refractivity contribution in [2.24, 2.45) is 0 Å². The van der Waals surface area contributed by atoms with Crippen LogP contribution in [0.4, 0.5) is 0 Å². The molecule has 2 aromatic rings. The highest BCUT2D eigenvalue weighted by Gasteiger charge is 2.18. The van der Waals surface area contributed by atoms with Crippen molar-refractivity contribution in [3.05, 3.63) is 42.1 Å². The number of nitrogens with zero attached hydrogens (tertiary/aromatic N) is 1. The highest BCUT2D eigenvalue weighted by molar-refractivity contribution is 5.70. The number of hydrogen-bond acceptors (Lipinski definition) is 3. The average Bonchev–Trinajstić information content (AvgIpc) is 2.40. The molecule has 0 aliphatic heterocycles. The Bertz CT molecular complexity index is 600. The number of hydrogen-bond donors (Lipinski definition) is 0. The topological polar surface area (TPSA) is 31.4 Å². The van der Waals surface area contributed by atoms with E-state index >= 15 is 0 Å². The molecule has 0 atom stereocenters. The van der Waals surface area contributed by atoms with E-state index < -0.39 is 0 Å². The smallest absolute Gasteiger partial charge is 0.132 e. The molecular formula is C17H21NO2. The molecule has 20 heavy (non-hydrogen) atoms. The number of aryl methyl sites for hydroxylation is 1. The van der Waals surface area contributed by atoms with Crippen molar-refractivity contribution in [2.75, 3.05) is 7.11 Å². The fourth-order valence-electron chi connectivity index (χ4n) is 1.98. The van der Waals surface area contributed by atoms with Crippen LogP contribution in [0.2, 0.25) is 0 Å². The van der Waals surface area contributed by atoms with Gasteiger partial charge in [0.05, 0.1) is 12.8 Å². The number of aromatic nitrogens is 1. The van der Waals surface area contributed by atoms with Crippen LogP contribution in [0.25, 0.3) is 11.3 Å². The van der Waals surface area contributed by atoms with Crippen molar-refractivity contribution in [1.29, 1.82) is 0 Å². The molecule has 0 spiro atoms. The van der Waals surface area contributed by atoms with Gasteiger partial charge in [0.25, 0.3) is 0 Å². The lowest BCUT2D eigenvalue weighted by Gasteiger charge is -2.24. The van der Waals surface area contributed by atoms with E-state index in [1.807, 2.05) is 58.0 Å². The summed E-state index contributed by atoms with van der Waals surface area (Å²) in [4.78, 5) is 4.43. The zero-order valence-corrected chi connectivity index (χ0v) is 12.7. The molecule has 0 aliphatic rings. The second-order valence-electron chi connectivity index (χ2n) is 5.75. The van der Waals surface area contributed by atoms with Gasteiger partial charge in [-0.25, -0.2) is 0 Å². The Labute approximate surface area is 120 Å². The van der Waals surface area contributed by atoms with Gasteiger partial charge in [-0.1, -0.05) is 12.1 Å². The van der Waals surface area contributed by atoms with Gasteiger partial charge in [0.2, 0.25) is 0 Å². The lowest BCUT2D eigenvalue weighted by atomic mass is 10.0. The van der Waals surface area contributed by atoms with Gasteiger partial charge in [-0.2, -0.15) is 0 Å². The average molecular weight is 271 g/mol. The molecule has 106 valence electrons. The van der Waals surface area contributed by atoms with Crippen molar-refractivity contribution >= 4 is 0 Å². The van der Waals surface area contributed by atoms with E-state index in [1.165, 1.54) is 0 Å². The van der Waals surface area contributed by atoms with Crippen molar-refractivity contribution in [3.63, 3.8) is 0 Å². The maximum Gasteiger partial charge on any atom is 0.132 e. The molecule has 2 rings (SSSR count). The predicted molar refractivity (Wildman–Crippen MR) is 81.3 cm³/mol. The van der Waals surface area contributed by atoms with Crippen molar-refractivity contribution in [3.8, 4) is 22.8 Å². The summed E-state index contributed by atoms with van der Waals surface area (Å²) in [6.07, 6.45) is 1.75. The lowest BCUT2D eigenvalue weighted by Crippen LogP contribution is -2.23. The van der Waals surface area contributed by atoms with Crippen LogP contribution in [0.15, 0.2) is 36.5 Å². The van der Waals surface area contributed by atoms with Crippen LogP contribution in [0, 0.1) is 6.92 Å². The number of methoxy groups -OCH3 is 1. The highest BCUT2D eigenvalue weighted by Crippen LogP contribution is 2.35. The standard InChI is InChI=1S/C17H21NO2/c1-12-7-6-8-14(16(12)20-17(2,3)4)15-11-13(19-5)9-10-18-15/h6-11H,1-5H3. The Hall–Kier alpha value is -2.03. The fourth-order valence-corrected chi connectivity index (χ4v) is 1.98. The summed E-state index contributed by atoms with van der Waals surface area (Å²) < 4.78 is 11.4. The van der Waals surface area contributed by atoms with Crippen LogP contribution >= 0.6 is 0 Å². The van der Waals surface area contributed by atoms with Gasteiger partial charge in [-0.05, 0) is 45.4 Å². The van der Waals surface area contributed by atoms with E-state index in [4.69, 9.17) is 9.47 Å². The molecule has 0 saturated carbocycles. The van der Waals surface area contributed by atoms with Gasteiger partial charge in [0.15, 0.2) is 0 Å². The van der Waals surface area contributed by atoms with Gasteiger partial charge in [-0.3, -0.25) is 4.98 Å². The third kappa shape index (κ3) is 3.29. The zero-order valence-electron chi connectivity index (χ0n) is 12.7. The molecule has 3 nitrogen and oxygen atoms in total. The molecular weight excluding hydrogens is 250 g/mol. The minimum Gasteiger partial charge on any atom is -0.497 e. The van der Waals surface area contributed by atoms with Gasteiger partial charge >= 0.3 is 0 Å². The minimum atomic E-state index is -0.250. The van der Waals surface area contributed by atoms with E-state index in [1.54, 1.807) is 13.3 Å². The Morgan fingerprint density at radius 2 is 1.85 bits per heavy atom. The van der Waals surface area contributed by atoms with Gasteiger partial charge < -0.3 is 9.47 Å². The Kier molecular flexibility index (Phi) is 3.98. The quantitative estimate of drug-likeness (QED) is 0.836. The first kappa shape index (κ1) is 14.4. The van der Waals surface area contributed by atoms with Crippen LogP contribution in [0.1, 0.15) is 26.3 Å². The maximum absolute atomic E-state index is 6.11. The number of para-hydroxylation sites is 1. The van der Waals surface area contributed by atoms with Gasteiger partial charge in [0, 0.05) is 17.8 Å². The summed E-state index contributed by atoms with van der Waals surface area (Å²) in [5.41, 5.74) is 2.69. The molecule has 0 amide bonds. The lowest BCUT2D eigenvalue weighted by molar-refractivity contribution is 0.130. The minimum absolute atomic E-state index is 0.250. The molecule has 0 aliphatic carbocycles. The summed E-state index contributed by atoms with van der Waals surface area (Å²) >= 11 is 0. The summed E-state index contributed by atoms with van der Waals surface area (Å²) in [6.45, 7) is 8.18. The summed E-state index contributed by atoms with van der Waals surface area (Å²) in [5, 5.41) is 0. The number of rotatable bonds is 3. The second kappa shape index (κ2) is 5.53. The summed E-state index contributed by atoms with van der Waals surface area (Å²) in [7, 11) is 1.65. The Morgan fingerprint density at radius 1 is 1.10 bits per heavy atom. The summed E-state index contributed by atoms with van der Waals surface area (Å²) in [6, 6.07) is 9.84.